The molecular formula is C19H18N4O2. The van der Waals surface area contributed by atoms with E-state index in [1.807, 2.05) is 61.5 Å². The number of anilines is 1. The van der Waals surface area contributed by atoms with Crippen molar-refractivity contribution in [1.29, 1.82) is 0 Å². The first-order valence-corrected chi connectivity index (χ1v) is 8.17. The second kappa shape index (κ2) is 6.49. The predicted octanol–water partition coefficient (Wildman–Crippen LogP) is 3.11. The molecule has 0 aliphatic carbocycles. The van der Waals surface area contributed by atoms with Crippen LogP contribution < -0.4 is 5.32 Å². The molecule has 0 saturated heterocycles. The van der Waals surface area contributed by atoms with Gasteiger partial charge in [0, 0.05) is 5.69 Å². The number of carbonyl (C=O) groups excluding carboxylic acids is 1. The number of aryl methyl sites for hydroxylation is 1. The maximum Gasteiger partial charge on any atom is 0.278 e. The minimum absolute atomic E-state index is 0.0802. The Morgan fingerprint density at radius 1 is 1.16 bits per heavy atom. The summed E-state index contributed by atoms with van der Waals surface area (Å²) in [7, 11) is 0. The van der Waals surface area contributed by atoms with Crippen LogP contribution in [0.2, 0.25) is 0 Å². The largest absolute Gasteiger partial charge is 0.365 e. The number of nitrogens with zero attached hydrogens (tertiary/aromatic N) is 3. The first-order valence-electron chi connectivity index (χ1n) is 8.17. The number of hydrogen-bond donors (Lipinski definition) is 1. The third-order valence-corrected chi connectivity index (χ3v) is 4.29. The van der Waals surface area contributed by atoms with Crippen molar-refractivity contribution in [3.05, 3.63) is 77.1 Å². The summed E-state index contributed by atoms with van der Waals surface area (Å²) in [6, 6.07) is 17.6. The molecule has 1 atom stereocenters. The highest BCUT2D eigenvalue weighted by Gasteiger charge is 2.27. The van der Waals surface area contributed by atoms with Gasteiger partial charge < -0.3 is 10.1 Å². The van der Waals surface area contributed by atoms with Crippen LogP contribution in [0.3, 0.4) is 0 Å². The molecular weight excluding hydrogens is 316 g/mol. The van der Waals surface area contributed by atoms with Crippen LogP contribution in [0.25, 0.3) is 0 Å². The first-order chi connectivity index (χ1) is 12.2. The lowest BCUT2D eigenvalue weighted by molar-refractivity contribution is -0.00171. The van der Waals surface area contributed by atoms with Crippen molar-refractivity contribution in [3.63, 3.8) is 0 Å². The number of rotatable bonds is 3. The molecule has 3 aromatic rings. The summed E-state index contributed by atoms with van der Waals surface area (Å²) in [6.45, 7) is 2.86. The maximum atomic E-state index is 12.5. The van der Waals surface area contributed by atoms with E-state index in [0.29, 0.717) is 24.5 Å². The van der Waals surface area contributed by atoms with E-state index in [1.165, 1.54) is 0 Å². The first kappa shape index (κ1) is 15.5. The molecule has 6 nitrogen and oxygen atoms in total. The highest BCUT2D eigenvalue weighted by molar-refractivity contribution is 6.03. The van der Waals surface area contributed by atoms with Crippen molar-refractivity contribution in [3.8, 4) is 0 Å². The molecule has 1 amide bonds. The van der Waals surface area contributed by atoms with Crippen LogP contribution in [0.5, 0.6) is 0 Å². The Kier molecular flexibility index (Phi) is 4.03. The fraction of sp³-hybridized carbons (Fsp3) is 0.211. The standard InChI is InChI=1S/C19H18N4O2/c1-13-7-9-15(10-8-13)20-19(24)18-16-12-25-17(11-23(16)22-21-18)14-5-3-2-4-6-14/h2-10,17H,11-12H2,1H3,(H,20,24). The molecule has 1 aliphatic rings. The molecule has 2 heterocycles. The molecule has 126 valence electrons. The molecule has 2 aromatic carbocycles. The van der Waals surface area contributed by atoms with E-state index in [1.54, 1.807) is 4.68 Å². The van der Waals surface area contributed by atoms with E-state index in [0.717, 1.165) is 16.8 Å². The third kappa shape index (κ3) is 3.16. The van der Waals surface area contributed by atoms with Crippen LogP contribution in [0, 0.1) is 6.92 Å². The van der Waals surface area contributed by atoms with Crippen LogP contribution in [0.1, 0.15) is 33.4 Å². The van der Waals surface area contributed by atoms with Gasteiger partial charge >= 0.3 is 0 Å². The van der Waals surface area contributed by atoms with Gasteiger partial charge in [-0.05, 0) is 24.6 Å². The fourth-order valence-corrected chi connectivity index (χ4v) is 2.88. The zero-order valence-corrected chi connectivity index (χ0v) is 13.8. The third-order valence-electron chi connectivity index (χ3n) is 4.29. The van der Waals surface area contributed by atoms with E-state index in [-0.39, 0.29) is 12.0 Å². The van der Waals surface area contributed by atoms with Gasteiger partial charge in [0.05, 0.1) is 18.8 Å². The average Bonchev–Trinajstić information content (AvgIpc) is 3.07. The van der Waals surface area contributed by atoms with Crippen LogP contribution >= 0.6 is 0 Å². The van der Waals surface area contributed by atoms with Gasteiger partial charge in [0.15, 0.2) is 5.69 Å². The number of hydrogen-bond acceptors (Lipinski definition) is 4. The minimum Gasteiger partial charge on any atom is -0.365 e. The Morgan fingerprint density at radius 2 is 1.92 bits per heavy atom. The Morgan fingerprint density at radius 3 is 2.68 bits per heavy atom. The summed E-state index contributed by atoms with van der Waals surface area (Å²) in [5, 5.41) is 11.0. The SMILES string of the molecule is Cc1ccc(NC(=O)c2nnn3c2COC(c2ccccc2)C3)cc1. The van der Waals surface area contributed by atoms with Gasteiger partial charge in [0.25, 0.3) is 5.91 Å². The normalized spacial score (nSPS) is 16.3. The van der Waals surface area contributed by atoms with Gasteiger partial charge in [0.1, 0.15) is 6.10 Å². The lowest BCUT2D eigenvalue weighted by Crippen LogP contribution is -2.24. The molecule has 1 N–H and O–H groups in total. The van der Waals surface area contributed by atoms with Gasteiger partial charge in [-0.15, -0.1) is 5.10 Å². The molecule has 1 aliphatic heterocycles. The zero-order chi connectivity index (χ0) is 17.2. The van der Waals surface area contributed by atoms with E-state index in [9.17, 15) is 4.79 Å². The summed E-state index contributed by atoms with van der Waals surface area (Å²) in [5.41, 5.74) is 3.98. The molecule has 1 unspecified atom stereocenters. The number of amides is 1. The number of benzene rings is 2. The smallest absolute Gasteiger partial charge is 0.278 e. The van der Waals surface area contributed by atoms with E-state index in [2.05, 4.69) is 15.6 Å². The van der Waals surface area contributed by atoms with Crippen LogP contribution in [0.4, 0.5) is 5.69 Å². The Hall–Kier alpha value is -2.99. The molecule has 0 saturated carbocycles. The Bertz CT molecular complexity index is 888. The van der Waals surface area contributed by atoms with Crippen molar-refractivity contribution >= 4 is 11.6 Å². The lowest BCUT2D eigenvalue weighted by atomic mass is 10.1. The van der Waals surface area contributed by atoms with Gasteiger partial charge in [-0.1, -0.05) is 53.2 Å². The van der Waals surface area contributed by atoms with Crippen molar-refractivity contribution in [2.45, 2.75) is 26.2 Å². The average molecular weight is 334 g/mol. The minimum atomic E-state index is -0.271. The van der Waals surface area contributed by atoms with Crippen LogP contribution in [-0.2, 0) is 17.9 Å². The maximum absolute atomic E-state index is 12.5. The molecule has 1 aromatic heterocycles. The van der Waals surface area contributed by atoms with Crippen molar-refractivity contribution in [2.24, 2.45) is 0 Å². The van der Waals surface area contributed by atoms with Crippen molar-refractivity contribution in [2.75, 3.05) is 5.32 Å². The van der Waals surface area contributed by atoms with E-state index < -0.39 is 0 Å². The van der Waals surface area contributed by atoms with Crippen molar-refractivity contribution in [1.82, 2.24) is 15.0 Å². The summed E-state index contributed by atoms with van der Waals surface area (Å²) in [4.78, 5) is 12.5. The molecule has 4 rings (SSSR count). The van der Waals surface area contributed by atoms with E-state index in [4.69, 9.17) is 4.74 Å². The quantitative estimate of drug-likeness (QED) is 0.799. The number of nitrogens with one attached hydrogen (secondary N) is 1. The molecule has 0 fully saturated rings. The molecule has 6 heteroatoms. The second-order valence-electron chi connectivity index (χ2n) is 6.10. The monoisotopic (exact) mass is 334 g/mol. The predicted molar refractivity (Wildman–Crippen MR) is 93.1 cm³/mol. The van der Waals surface area contributed by atoms with Crippen LogP contribution in [-0.4, -0.2) is 20.9 Å². The number of fused-ring (bicyclic) bond motifs is 1. The molecule has 0 radical (unpaired) electrons. The highest BCUT2D eigenvalue weighted by Crippen LogP contribution is 2.27. The molecule has 0 bridgehead atoms. The number of ether oxygens (including phenoxy) is 1. The molecule has 25 heavy (non-hydrogen) atoms. The topological polar surface area (TPSA) is 69.0 Å². The summed E-state index contributed by atoms with van der Waals surface area (Å²) in [5.74, 6) is -0.271. The summed E-state index contributed by atoms with van der Waals surface area (Å²) >= 11 is 0. The Labute approximate surface area is 145 Å². The highest BCUT2D eigenvalue weighted by atomic mass is 16.5. The fourth-order valence-electron chi connectivity index (χ4n) is 2.88. The number of aromatic nitrogens is 3. The molecule has 0 spiro atoms. The van der Waals surface area contributed by atoms with E-state index >= 15 is 0 Å². The number of carbonyl (C=O) groups is 1. The second-order valence-corrected chi connectivity index (χ2v) is 6.10. The Balaban J connectivity index is 1.51. The summed E-state index contributed by atoms with van der Waals surface area (Å²) in [6.07, 6.45) is -0.0802. The van der Waals surface area contributed by atoms with Gasteiger partial charge in [0.2, 0.25) is 0 Å². The van der Waals surface area contributed by atoms with Gasteiger partial charge in [-0.3, -0.25) is 4.79 Å². The zero-order valence-electron chi connectivity index (χ0n) is 13.8. The lowest BCUT2D eigenvalue weighted by Gasteiger charge is -2.24. The van der Waals surface area contributed by atoms with Gasteiger partial charge in [-0.2, -0.15) is 0 Å². The van der Waals surface area contributed by atoms with Gasteiger partial charge in [-0.25, -0.2) is 4.68 Å². The van der Waals surface area contributed by atoms with Crippen molar-refractivity contribution < 1.29 is 9.53 Å². The summed E-state index contributed by atoms with van der Waals surface area (Å²) < 4.78 is 7.68. The van der Waals surface area contributed by atoms with Crippen LogP contribution in [0.15, 0.2) is 54.6 Å².